The quantitative estimate of drug-likeness (QED) is 0.911. The van der Waals surface area contributed by atoms with Gasteiger partial charge in [0.25, 0.3) is 0 Å². The zero-order valence-corrected chi connectivity index (χ0v) is 11.6. The largest absolute Gasteiger partial charge is 0.496 e. The molecule has 2 aromatic rings. The molecule has 4 nitrogen and oxygen atoms in total. The summed E-state index contributed by atoms with van der Waals surface area (Å²) in [5, 5.41) is 0. The van der Waals surface area contributed by atoms with Crippen molar-refractivity contribution in [2.75, 3.05) is 7.11 Å². The van der Waals surface area contributed by atoms with E-state index in [1.54, 1.807) is 7.11 Å². The fourth-order valence-electron chi connectivity index (χ4n) is 2.20. The van der Waals surface area contributed by atoms with E-state index in [2.05, 4.69) is 9.97 Å². The van der Waals surface area contributed by atoms with Crippen LogP contribution in [0.15, 0.2) is 24.3 Å². The topological polar surface area (TPSA) is 61.0 Å². The molecule has 0 unspecified atom stereocenters. The van der Waals surface area contributed by atoms with Crippen LogP contribution in [0.5, 0.6) is 5.75 Å². The molecule has 1 aromatic carbocycles. The smallest absolute Gasteiger partial charge is 0.133 e. The summed E-state index contributed by atoms with van der Waals surface area (Å²) in [4.78, 5) is 9.06. The molecule has 0 amide bonds. The molecule has 0 atom stereocenters. The number of ether oxygens (including phenoxy) is 1. The molecule has 0 bridgehead atoms. The maximum atomic E-state index is 5.70. The van der Waals surface area contributed by atoms with E-state index in [4.69, 9.17) is 10.5 Å². The number of para-hydroxylation sites is 1. The molecule has 2 N–H and O–H groups in total. The molecule has 0 aliphatic rings. The first kappa shape index (κ1) is 13.5. The second kappa shape index (κ2) is 5.80. The zero-order chi connectivity index (χ0) is 13.8. The number of nitrogens with zero attached hydrogens (tertiary/aromatic N) is 2. The van der Waals surface area contributed by atoms with Crippen molar-refractivity contribution < 1.29 is 4.74 Å². The van der Waals surface area contributed by atoms with Gasteiger partial charge < -0.3 is 10.5 Å². The molecule has 0 saturated carbocycles. The van der Waals surface area contributed by atoms with E-state index in [1.165, 1.54) is 0 Å². The standard InChI is InChI=1S/C15H19N3O/c1-10-13(9-16)11(2)18-15(17-10)8-12-6-4-5-7-14(12)19-3/h4-7H,8-9,16H2,1-3H3. The molecule has 100 valence electrons. The Morgan fingerprint density at radius 2 is 1.74 bits per heavy atom. The van der Waals surface area contributed by atoms with Crippen molar-refractivity contribution in [2.45, 2.75) is 26.8 Å². The van der Waals surface area contributed by atoms with Crippen molar-refractivity contribution in [1.29, 1.82) is 0 Å². The predicted octanol–water partition coefficient (Wildman–Crippen LogP) is 2.15. The van der Waals surface area contributed by atoms with Crippen LogP contribution in [-0.4, -0.2) is 17.1 Å². The van der Waals surface area contributed by atoms with E-state index in [-0.39, 0.29) is 0 Å². The lowest BCUT2D eigenvalue weighted by atomic mass is 10.1. The van der Waals surface area contributed by atoms with Gasteiger partial charge in [-0.15, -0.1) is 0 Å². The highest BCUT2D eigenvalue weighted by Gasteiger charge is 2.09. The van der Waals surface area contributed by atoms with Crippen LogP contribution < -0.4 is 10.5 Å². The minimum absolute atomic E-state index is 0.479. The van der Waals surface area contributed by atoms with Crippen molar-refractivity contribution >= 4 is 0 Å². The minimum Gasteiger partial charge on any atom is -0.496 e. The van der Waals surface area contributed by atoms with Crippen LogP contribution in [-0.2, 0) is 13.0 Å². The number of nitrogens with two attached hydrogens (primary N) is 1. The van der Waals surface area contributed by atoms with Crippen LogP contribution in [0.1, 0.15) is 28.3 Å². The van der Waals surface area contributed by atoms with E-state index in [1.807, 2.05) is 38.1 Å². The van der Waals surface area contributed by atoms with Crippen molar-refractivity contribution in [3.8, 4) is 5.75 Å². The maximum Gasteiger partial charge on any atom is 0.133 e. The first-order chi connectivity index (χ1) is 9.15. The van der Waals surface area contributed by atoms with Gasteiger partial charge in [-0.3, -0.25) is 0 Å². The van der Waals surface area contributed by atoms with Gasteiger partial charge in [-0.1, -0.05) is 18.2 Å². The zero-order valence-electron chi connectivity index (χ0n) is 11.6. The number of aryl methyl sites for hydroxylation is 2. The molecular weight excluding hydrogens is 238 g/mol. The van der Waals surface area contributed by atoms with Gasteiger partial charge in [0.05, 0.1) is 7.11 Å². The van der Waals surface area contributed by atoms with Gasteiger partial charge in [-0.25, -0.2) is 9.97 Å². The normalized spacial score (nSPS) is 10.5. The lowest BCUT2D eigenvalue weighted by Crippen LogP contribution is -2.09. The molecule has 0 fully saturated rings. The van der Waals surface area contributed by atoms with Crippen LogP contribution in [0, 0.1) is 13.8 Å². The lowest BCUT2D eigenvalue weighted by Gasteiger charge is -2.11. The van der Waals surface area contributed by atoms with Crippen molar-refractivity contribution in [3.05, 3.63) is 52.6 Å². The van der Waals surface area contributed by atoms with Crippen molar-refractivity contribution in [3.63, 3.8) is 0 Å². The monoisotopic (exact) mass is 257 g/mol. The summed E-state index contributed by atoms with van der Waals surface area (Å²) in [5.41, 5.74) is 9.73. The maximum absolute atomic E-state index is 5.70. The Hall–Kier alpha value is -1.94. The Balaban J connectivity index is 2.34. The van der Waals surface area contributed by atoms with Gasteiger partial charge in [0.2, 0.25) is 0 Å². The highest BCUT2D eigenvalue weighted by molar-refractivity contribution is 5.36. The second-order valence-electron chi connectivity index (χ2n) is 4.48. The third-order valence-corrected chi connectivity index (χ3v) is 3.21. The summed E-state index contributed by atoms with van der Waals surface area (Å²) in [6.07, 6.45) is 0.663. The van der Waals surface area contributed by atoms with Crippen LogP contribution in [0.3, 0.4) is 0 Å². The lowest BCUT2D eigenvalue weighted by molar-refractivity contribution is 0.410. The minimum atomic E-state index is 0.479. The van der Waals surface area contributed by atoms with E-state index in [9.17, 15) is 0 Å². The first-order valence-corrected chi connectivity index (χ1v) is 6.30. The van der Waals surface area contributed by atoms with Crippen molar-refractivity contribution in [2.24, 2.45) is 5.73 Å². The Labute approximate surface area is 113 Å². The van der Waals surface area contributed by atoms with E-state index >= 15 is 0 Å². The molecule has 4 heteroatoms. The molecule has 0 saturated heterocycles. The van der Waals surface area contributed by atoms with Crippen molar-refractivity contribution in [1.82, 2.24) is 9.97 Å². The molecule has 1 aromatic heterocycles. The molecule has 0 spiro atoms. The third kappa shape index (κ3) is 2.90. The Bertz CT molecular complexity index is 558. The number of hydrogen-bond donors (Lipinski definition) is 1. The van der Waals surface area contributed by atoms with Gasteiger partial charge in [-0.2, -0.15) is 0 Å². The Morgan fingerprint density at radius 1 is 1.11 bits per heavy atom. The fraction of sp³-hybridized carbons (Fsp3) is 0.333. The average Bonchev–Trinajstić information content (AvgIpc) is 2.39. The molecule has 19 heavy (non-hydrogen) atoms. The van der Waals surface area contributed by atoms with Crippen LogP contribution >= 0.6 is 0 Å². The van der Waals surface area contributed by atoms with E-state index < -0.39 is 0 Å². The van der Waals surface area contributed by atoms with Gasteiger partial charge in [-0.05, 0) is 19.9 Å². The molecule has 0 aliphatic carbocycles. The molecule has 0 aliphatic heterocycles. The summed E-state index contributed by atoms with van der Waals surface area (Å²) in [7, 11) is 1.67. The Kier molecular flexibility index (Phi) is 4.12. The number of methoxy groups -OCH3 is 1. The summed E-state index contributed by atoms with van der Waals surface area (Å²) >= 11 is 0. The summed E-state index contributed by atoms with van der Waals surface area (Å²) < 4.78 is 5.35. The van der Waals surface area contributed by atoms with Gasteiger partial charge >= 0.3 is 0 Å². The fourth-order valence-corrected chi connectivity index (χ4v) is 2.20. The SMILES string of the molecule is COc1ccccc1Cc1nc(C)c(CN)c(C)n1. The number of rotatable bonds is 4. The average molecular weight is 257 g/mol. The predicted molar refractivity (Wildman–Crippen MR) is 75.2 cm³/mol. The second-order valence-corrected chi connectivity index (χ2v) is 4.48. The van der Waals surface area contributed by atoms with Crippen LogP contribution in [0.25, 0.3) is 0 Å². The van der Waals surface area contributed by atoms with E-state index in [0.717, 1.165) is 34.1 Å². The summed E-state index contributed by atoms with van der Waals surface area (Å²) in [5.74, 6) is 1.67. The molecule has 2 rings (SSSR count). The van der Waals surface area contributed by atoms with Crippen LogP contribution in [0.4, 0.5) is 0 Å². The first-order valence-electron chi connectivity index (χ1n) is 6.30. The van der Waals surface area contributed by atoms with E-state index in [0.29, 0.717) is 13.0 Å². The highest BCUT2D eigenvalue weighted by Crippen LogP contribution is 2.20. The van der Waals surface area contributed by atoms with Gasteiger partial charge in [0.1, 0.15) is 11.6 Å². The molecular formula is C15H19N3O. The third-order valence-electron chi connectivity index (χ3n) is 3.21. The number of hydrogen-bond acceptors (Lipinski definition) is 4. The van der Waals surface area contributed by atoms with Gasteiger partial charge in [0, 0.05) is 35.5 Å². The van der Waals surface area contributed by atoms with Gasteiger partial charge in [0.15, 0.2) is 0 Å². The number of aromatic nitrogens is 2. The Morgan fingerprint density at radius 3 is 2.32 bits per heavy atom. The summed E-state index contributed by atoms with van der Waals surface area (Å²) in [6.45, 7) is 4.43. The molecule has 0 radical (unpaired) electrons. The number of benzene rings is 1. The summed E-state index contributed by atoms with van der Waals surface area (Å²) in [6, 6.07) is 7.93. The molecule has 1 heterocycles. The highest BCUT2D eigenvalue weighted by atomic mass is 16.5. The van der Waals surface area contributed by atoms with Crippen LogP contribution in [0.2, 0.25) is 0 Å².